The number of rotatable bonds is 6. The Labute approximate surface area is 230 Å². The number of fused-ring (bicyclic) bond motifs is 2. The zero-order valence-corrected chi connectivity index (χ0v) is 22.8. The maximum absolute atomic E-state index is 10.7. The van der Waals surface area contributed by atoms with Crippen LogP contribution in [0.3, 0.4) is 0 Å². The van der Waals surface area contributed by atoms with Gasteiger partial charge in [0.15, 0.2) is 0 Å². The van der Waals surface area contributed by atoms with Gasteiger partial charge in [0.2, 0.25) is 0 Å². The van der Waals surface area contributed by atoms with Gasteiger partial charge in [-0.3, -0.25) is 14.9 Å². The van der Waals surface area contributed by atoms with Gasteiger partial charge in [-0.2, -0.15) is 0 Å². The van der Waals surface area contributed by atoms with Crippen LogP contribution in [-0.2, 0) is 11.3 Å². The number of aliphatic hydroxyl groups is 1. The monoisotopic (exact) mass is 530 g/mol. The second kappa shape index (κ2) is 10.4. The van der Waals surface area contributed by atoms with Crippen molar-refractivity contribution < 1.29 is 9.84 Å². The third-order valence-electron chi connectivity index (χ3n) is 8.02. The maximum atomic E-state index is 10.7. The highest BCUT2D eigenvalue weighted by Crippen LogP contribution is 2.39. The van der Waals surface area contributed by atoms with E-state index in [1.54, 1.807) is 0 Å². The molecular weight excluding hydrogens is 496 g/mol. The van der Waals surface area contributed by atoms with Crippen LogP contribution in [0.15, 0.2) is 77.5 Å². The third-order valence-corrected chi connectivity index (χ3v) is 8.27. The van der Waals surface area contributed by atoms with Gasteiger partial charge in [-0.1, -0.05) is 42.0 Å². The summed E-state index contributed by atoms with van der Waals surface area (Å²) in [6.45, 7) is 8.97. The number of aromatic nitrogens is 1. The Bertz CT molecular complexity index is 1310. The van der Waals surface area contributed by atoms with Crippen LogP contribution in [-0.4, -0.2) is 71.2 Å². The molecule has 3 unspecified atom stereocenters. The first-order valence-electron chi connectivity index (χ1n) is 13.5. The quantitative estimate of drug-likeness (QED) is 0.573. The summed E-state index contributed by atoms with van der Waals surface area (Å²) in [6.07, 6.45) is 11.4. The topological polar surface area (TPSA) is 61.2 Å². The molecule has 0 amide bonds. The molecule has 6 nitrogen and oxygen atoms in total. The highest BCUT2D eigenvalue weighted by atomic mass is 35.5. The molecule has 0 saturated carbocycles. The van der Waals surface area contributed by atoms with Crippen LogP contribution in [0, 0.1) is 5.92 Å². The summed E-state index contributed by atoms with van der Waals surface area (Å²) in [7, 11) is 0. The molecule has 1 N–H and O–H groups in total. The fourth-order valence-electron chi connectivity index (χ4n) is 5.84. The van der Waals surface area contributed by atoms with Crippen LogP contribution in [0.25, 0.3) is 5.57 Å². The van der Waals surface area contributed by atoms with Crippen molar-refractivity contribution in [3.8, 4) is 0 Å². The zero-order chi connectivity index (χ0) is 26.3. The lowest BCUT2D eigenvalue weighted by Gasteiger charge is -2.41. The Morgan fingerprint density at radius 3 is 2.76 bits per heavy atom. The normalized spacial score (nSPS) is 26.4. The van der Waals surface area contributed by atoms with Crippen LogP contribution in [0.5, 0.6) is 0 Å². The number of ether oxygens (including phenoxy) is 1. The fraction of sp³-hybridized carbons (Fsp3) is 0.419. The first-order valence-corrected chi connectivity index (χ1v) is 13.9. The van der Waals surface area contributed by atoms with Crippen LogP contribution in [0.1, 0.15) is 31.5 Å². The molecule has 0 radical (unpaired) electrons. The smallest absolute Gasteiger partial charge is 0.0902 e. The predicted octanol–water partition coefficient (Wildman–Crippen LogP) is 4.94. The summed E-state index contributed by atoms with van der Waals surface area (Å²) in [5, 5.41) is 11.5. The maximum Gasteiger partial charge on any atom is 0.0902 e. The van der Waals surface area contributed by atoms with E-state index in [9.17, 15) is 5.11 Å². The molecule has 6 rings (SSSR count). The highest BCUT2D eigenvalue weighted by molar-refractivity contribution is 6.30. The number of pyridine rings is 1. The van der Waals surface area contributed by atoms with Gasteiger partial charge in [0.25, 0.3) is 0 Å². The van der Waals surface area contributed by atoms with Crippen LogP contribution in [0.4, 0.5) is 5.69 Å². The molecule has 1 aromatic carbocycles. The SMILES string of the molecule is CC(C)(O)C1=CC2/C(=C/CCN3CCN(c4ccc(Cl)cc4)C(C4=NC4)C3)c3cccnc3COC2C=C1. The van der Waals surface area contributed by atoms with E-state index in [2.05, 4.69) is 56.2 Å². The Morgan fingerprint density at radius 1 is 1.18 bits per heavy atom. The molecule has 1 fully saturated rings. The average Bonchev–Trinajstić information content (AvgIpc) is 3.77. The number of hydrogen-bond donors (Lipinski definition) is 1. The highest BCUT2D eigenvalue weighted by Gasteiger charge is 2.35. The molecule has 7 heteroatoms. The van der Waals surface area contributed by atoms with Crippen molar-refractivity contribution >= 4 is 28.6 Å². The molecule has 4 aliphatic rings. The first kappa shape index (κ1) is 25.5. The van der Waals surface area contributed by atoms with Crippen molar-refractivity contribution in [1.82, 2.24) is 9.88 Å². The molecular formula is C31H35ClN4O2. The second-order valence-electron chi connectivity index (χ2n) is 11.1. The molecule has 198 valence electrons. The van der Waals surface area contributed by atoms with Crippen molar-refractivity contribution in [2.24, 2.45) is 10.9 Å². The molecule has 3 atom stereocenters. The molecule has 3 aliphatic heterocycles. The van der Waals surface area contributed by atoms with Crippen molar-refractivity contribution in [3.05, 3.63) is 88.8 Å². The van der Waals surface area contributed by atoms with Gasteiger partial charge in [-0.15, -0.1) is 0 Å². The second-order valence-corrected chi connectivity index (χ2v) is 11.5. The number of halogens is 1. The Hall–Kier alpha value is -2.77. The van der Waals surface area contributed by atoms with E-state index < -0.39 is 5.60 Å². The predicted molar refractivity (Wildman–Crippen MR) is 154 cm³/mol. The first-order chi connectivity index (χ1) is 18.4. The standard InChI is InChI=1S/C31H35ClN4O2/c1-31(2,37)21-7-12-30-26(17-21)24(25-5-3-13-33-28(25)20-38-30)6-4-14-35-15-16-36(29(19-35)27-18-34-27)23-10-8-22(32)9-11-23/h3,5-13,17,26,29-30,37H,4,14-16,18-20H2,1-2H3/b24-6+. The van der Waals surface area contributed by atoms with Gasteiger partial charge in [0.1, 0.15) is 0 Å². The average molecular weight is 531 g/mol. The summed E-state index contributed by atoms with van der Waals surface area (Å²) < 4.78 is 6.28. The van der Waals surface area contributed by atoms with Gasteiger partial charge in [0, 0.05) is 54.6 Å². The van der Waals surface area contributed by atoms with E-state index in [0.717, 1.165) is 61.0 Å². The largest absolute Gasteiger partial charge is 0.386 e. The van der Waals surface area contributed by atoms with Crippen LogP contribution >= 0.6 is 11.6 Å². The Morgan fingerprint density at radius 2 is 2.00 bits per heavy atom. The molecule has 1 aliphatic carbocycles. The Balaban J connectivity index is 1.21. The number of anilines is 1. The summed E-state index contributed by atoms with van der Waals surface area (Å²) in [6, 6.07) is 12.6. The van der Waals surface area contributed by atoms with E-state index in [1.807, 2.05) is 44.3 Å². The lowest BCUT2D eigenvalue weighted by Crippen LogP contribution is -2.55. The fourth-order valence-corrected chi connectivity index (χ4v) is 5.97. The van der Waals surface area contributed by atoms with E-state index >= 15 is 0 Å². The van der Waals surface area contributed by atoms with Gasteiger partial charge in [0.05, 0.1) is 42.3 Å². The van der Waals surface area contributed by atoms with Crippen LogP contribution in [0.2, 0.25) is 5.02 Å². The zero-order valence-electron chi connectivity index (χ0n) is 22.1. The van der Waals surface area contributed by atoms with Crippen molar-refractivity contribution in [1.29, 1.82) is 0 Å². The third kappa shape index (κ3) is 5.36. The molecule has 4 heterocycles. The lowest BCUT2D eigenvalue weighted by atomic mass is 9.80. The Kier molecular flexibility index (Phi) is 6.99. The minimum atomic E-state index is -0.902. The summed E-state index contributed by atoms with van der Waals surface area (Å²) in [4.78, 5) is 14.2. The summed E-state index contributed by atoms with van der Waals surface area (Å²) >= 11 is 6.13. The van der Waals surface area contributed by atoms with Gasteiger partial charge >= 0.3 is 0 Å². The van der Waals surface area contributed by atoms with Gasteiger partial charge in [-0.25, -0.2) is 0 Å². The molecule has 2 aromatic rings. The number of benzene rings is 1. The molecule has 1 saturated heterocycles. The van der Waals surface area contributed by atoms with E-state index in [0.29, 0.717) is 12.6 Å². The summed E-state index contributed by atoms with van der Waals surface area (Å²) in [5.74, 6) is 0.0437. The lowest BCUT2D eigenvalue weighted by molar-refractivity contribution is 0.0570. The van der Waals surface area contributed by atoms with Crippen molar-refractivity contribution in [2.75, 3.05) is 37.6 Å². The van der Waals surface area contributed by atoms with Crippen molar-refractivity contribution in [2.45, 2.75) is 44.6 Å². The minimum Gasteiger partial charge on any atom is -0.386 e. The minimum absolute atomic E-state index is 0.0437. The number of aliphatic imine (C=N–C) groups is 1. The number of hydrogen-bond acceptors (Lipinski definition) is 6. The molecule has 38 heavy (non-hydrogen) atoms. The van der Waals surface area contributed by atoms with Crippen molar-refractivity contribution in [3.63, 3.8) is 0 Å². The molecule has 0 bridgehead atoms. The molecule has 1 aromatic heterocycles. The molecule has 0 spiro atoms. The van der Waals surface area contributed by atoms with E-state index in [-0.39, 0.29) is 12.0 Å². The van der Waals surface area contributed by atoms with E-state index in [1.165, 1.54) is 17.0 Å². The van der Waals surface area contributed by atoms with E-state index in [4.69, 9.17) is 16.3 Å². The number of nitrogens with zero attached hydrogens (tertiary/aromatic N) is 4. The van der Waals surface area contributed by atoms with Gasteiger partial charge in [-0.05, 0) is 61.7 Å². The summed E-state index contributed by atoms with van der Waals surface area (Å²) in [5.41, 5.74) is 5.90. The van der Waals surface area contributed by atoms with Gasteiger partial charge < -0.3 is 14.7 Å². The number of piperazine rings is 1. The van der Waals surface area contributed by atoms with Crippen LogP contribution < -0.4 is 4.90 Å².